The third-order valence-electron chi connectivity index (χ3n) is 5.89. The average molecular weight is 452 g/mol. The summed E-state index contributed by atoms with van der Waals surface area (Å²) >= 11 is 0. The first kappa shape index (κ1) is 21.7. The molecule has 1 aromatic carbocycles. The lowest BCUT2D eigenvalue weighted by Gasteiger charge is -2.20. The van der Waals surface area contributed by atoms with Crippen molar-refractivity contribution in [2.45, 2.75) is 50.0 Å². The molecular weight excluding hydrogens is 426 g/mol. The van der Waals surface area contributed by atoms with E-state index in [0.29, 0.717) is 49.3 Å². The molecule has 2 heterocycles. The van der Waals surface area contributed by atoms with Crippen molar-refractivity contribution in [3.8, 4) is 11.5 Å². The number of benzene rings is 1. The number of aliphatic hydroxyl groups excluding tert-OH is 2. The Bertz CT molecular complexity index is 936. The molecule has 1 aromatic heterocycles. The van der Waals surface area contributed by atoms with Gasteiger partial charge in [-0.2, -0.15) is 0 Å². The maximum atomic E-state index is 12.4. The van der Waals surface area contributed by atoms with Crippen LogP contribution in [0.5, 0.6) is 11.5 Å². The number of rotatable bonds is 5. The van der Waals surface area contributed by atoms with Gasteiger partial charge in [0, 0.05) is 36.3 Å². The number of anilines is 1. The summed E-state index contributed by atoms with van der Waals surface area (Å²) in [6, 6.07) is 4.13. The first-order valence-corrected chi connectivity index (χ1v) is 10.3. The van der Waals surface area contributed by atoms with E-state index in [1.54, 1.807) is 22.9 Å². The summed E-state index contributed by atoms with van der Waals surface area (Å²) in [6.07, 6.45) is 2.65. The van der Waals surface area contributed by atoms with E-state index in [-0.39, 0.29) is 18.3 Å². The van der Waals surface area contributed by atoms with E-state index in [1.807, 2.05) is 6.20 Å². The number of nitrogens with one attached hydrogen (secondary N) is 2. The van der Waals surface area contributed by atoms with Crippen LogP contribution in [0.4, 0.5) is 10.5 Å². The third kappa shape index (κ3) is 4.70. The largest absolute Gasteiger partial charge is 0.486 e. The molecule has 11 heteroatoms. The lowest BCUT2D eigenvalue weighted by atomic mass is 10.1. The smallest absolute Gasteiger partial charge is 0.319 e. The van der Waals surface area contributed by atoms with Gasteiger partial charge in [-0.25, -0.2) is 4.79 Å². The van der Waals surface area contributed by atoms with Crippen molar-refractivity contribution in [2.75, 3.05) is 18.5 Å². The van der Waals surface area contributed by atoms with Crippen molar-refractivity contribution in [1.82, 2.24) is 20.3 Å². The second-order valence-electron chi connectivity index (χ2n) is 8.18. The van der Waals surface area contributed by atoms with E-state index >= 15 is 0 Å². The Kier molecular flexibility index (Phi) is 6.22. The number of aromatic nitrogens is 3. The molecule has 2 amide bonds. The monoisotopic (exact) mass is 451 g/mol. The van der Waals surface area contributed by atoms with Crippen molar-refractivity contribution in [1.29, 1.82) is 0 Å². The Morgan fingerprint density at radius 3 is 2.71 bits per heavy atom. The highest BCUT2D eigenvalue weighted by molar-refractivity contribution is 5.90. The number of hydrogen-bond donors (Lipinski definition) is 4. The van der Waals surface area contributed by atoms with Crippen LogP contribution < -0.4 is 20.1 Å². The number of urea groups is 1. The number of halogens is 1. The summed E-state index contributed by atoms with van der Waals surface area (Å²) in [5.41, 5.74) is 1.54. The zero-order valence-corrected chi connectivity index (χ0v) is 17.6. The number of ether oxygens (including phenoxy) is 2. The quantitative estimate of drug-likeness (QED) is 0.538. The van der Waals surface area contributed by atoms with Gasteiger partial charge in [0.05, 0.1) is 17.8 Å². The summed E-state index contributed by atoms with van der Waals surface area (Å²) < 4.78 is 12.7. The van der Waals surface area contributed by atoms with Crippen molar-refractivity contribution in [3.05, 3.63) is 30.1 Å². The Morgan fingerprint density at radius 2 is 1.94 bits per heavy atom. The van der Waals surface area contributed by atoms with Crippen LogP contribution in [0.2, 0.25) is 0 Å². The van der Waals surface area contributed by atoms with Crippen LogP contribution in [0.25, 0.3) is 0 Å². The van der Waals surface area contributed by atoms with Gasteiger partial charge in [-0.05, 0) is 31.4 Å². The first-order chi connectivity index (χ1) is 14.6. The molecule has 2 saturated carbocycles. The molecule has 1 aliphatic heterocycles. The first-order valence-electron chi connectivity index (χ1n) is 10.3. The highest BCUT2D eigenvalue weighted by Crippen LogP contribution is 2.39. The predicted molar refractivity (Wildman–Crippen MR) is 113 cm³/mol. The Morgan fingerprint density at radius 1 is 1.16 bits per heavy atom. The molecule has 0 spiro atoms. The van der Waals surface area contributed by atoms with Crippen LogP contribution in [-0.4, -0.2) is 62.7 Å². The van der Waals surface area contributed by atoms with Crippen LogP contribution >= 0.6 is 12.4 Å². The van der Waals surface area contributed by atoms with E-state index in [4.69, 9.17) is 9.47 Å². The fourth-order valence-corrected chi connectivity index (χ4v) is 4.11. The highest BCUT2D eigenvalue weighted by Gasteiger charge is 2.42. The number of aliphatic hydroxyl groups is 2. The molecule has 3 aliphatic rings. The van der Waals surface area contributed by atoms with Crippen molar-refractivity contribution in [3.63, 3.8) is 0 Å². The Hall–Kier alpha value is -2.56. The average Bonchev–Trinajstić information content (AvgIpc) is 3.44. The molecule has 5 rings (SSSR count). The topological polar surface area (TPSA) is 131 Å². The molecule has 10 nitrogen and oxygen atoms in total. The fourth-order valence-electron chi connectivity index (χ4n) is 4.11. The number of fused-ring (bicyclic) bond motifs is 1. The minimum absolute atomic E-state index is 0. The minimum Gasteiger partial charge on any atom is -0.486 e. The number of carbonyl (C=O) groups excluding carboxylic acids is 1. The fraction of sp³-hybridized carbons (Fsp3) is 0.550. The van der Waals surface area contributed by atoms with Crippen molar-refractivity contribution >= 4 is 24.1 Å². The van der Waals surface area contributed by atoms with Crippen LogP contribution in [0.3, 0.4) is 0 Å². The molecule has 0 unspecified atom stereocenters. The summed E-state index contributed by atoms with van der Waals surface area (Å²) in [4.78, 5) is 12.4. The zero-order valence-electron chi connectivity index (χ0n) is 16.8. The van der Waals surface area contributed by atoms with Gasteiger partial charge in [-0.1, -0.05) is 5.21 Å². The molecule has 31 heavy (non-hydrogen) atoms. The van der Waals surface area contributed by atoms with Crippen LogP contribution in [-0.2, 0) is 6.54 Å². The number of hydrogen-bond acceptors (Lipinski definition) is 7. The SMILES string of the molecule is Cl.O=C(Nc1ccc2c(c1)OCCO2)N[C@@H]1C[C@H](Cn2cc(C3CC3)nn2)[C@@H](O)[C@H]1O. The zero-order chi connectivity index (χ0) is 20.7. The number of carbonyl (C=O) groups is 1. The molecule has 4 atom stereocenters. The van der Waals surface area contributed by atoms with Gasteiger partial charge in [-0.3, -0.25) is 4.68 Å². The van der Waals surface area contributed by atoms with E-state index in [9.17, 15) is 15.0 Å². The lowest BCUT2D eigenvalue weighted by molar-refractivity contribution is 0.00878. The summed E-state index contributed by atoms with van der Waals surface area (Å²) in [5, 5.41) is 34.7. The van der Waals surface area contributed by atoms with Crippen LogP contribution in [0.15, 0.2) is 24.4 Å². The van der Waals surface area contributed by atoms with Gasteiger partial charge in [0.15, 0.2) is 11.5 Å². The number of amides is 2. The van der Waals surface area contributed by atoms with Gasteiger partial charge >= 0.3 is 6.03 Å². The predicted octanol–water partition coefficient (Wildman–Crippen LogP) is 1.28. The van der Waals surface area contributed by atoms with Gasteiger partial charge in [0.1, 0.15) is 19.3 Å². The summed E-state index contributed by atoms with van der Waals surface area (Å²) in [6.45, 7) is 1.41. The molecule has 2 aliphatic carbocycles. The van der Waals surface area contributed by atoms with Crippen molar-refractivity contribution < 1.29 is 24.5 Å². The minimum atomic E-state index is -1.05. The second-order valence-corrected chi connectivity index (χ2v) is 8.18. The van der Waals surface area contributed by atoms with Crippen LogP contribution in [0, 0.1) is 5.92 Å². The maximum absolute atomic E-state index is 12.4. The number of nitrogens with zero attached hydrogens (tertiary/aromatic N) is 3. The van der Waals surface area contributed by atoms with E-state index in [0.717, 1.165) is 18.5 Å². The highest BCUT2D eigenvalue weighted by atomic mass is 35.5. The molecular formula is C20H26ClN5O5. The molecule has 168 valence electrons. The van der Waals surface area contributed by atoms with Gasteiger partial charge in [0.25, 0.3) is 0 Å². The normalized spacial score (nSPS) is 26.8. The molecule has 0 bridgehead atoms. The Labute approximate surface area is 185 Å². The lowest BCUT2D eigenvalue weighted by Crippen LogP contribution is -2.44. The van der Waals surface area contributed by atoms with E-state index in [2.05, 4.69) is 20.9 Å². The second kappa shape index (κ2) is 8.89. The molecule has 4 N–H and O–H groups in total. The molecule has 0 saturated heterocycles. The van der Waals surface area contributed by atoms with Gasteiger partial charge in [-0.15, -0.1) is 17.5 Å². The molecule has 2 aromatic rings. The van der Waals surface area contributed by atoms with Gasteiger partial charge < -0.3 is 30.3 Å². The van der Waals surface area contributed by atoms with Gasteiger partial charge in [0.2, 0.25) is 0 Å². The molecule has 0 radical (unpaired) electrons. The van der Waals surface area contributed by atoms with Crippen LogP contribution in [0.1, 0.15) is 30.9 Å². The Balaban J connectivity index is 0.00000231. The summed E-state index contributed by atoms with van der Waals surface area (Å²) in [7, 11) is 0. The standard InChI is InChI=1S/C20H25N5O5.ClH/c26-18-12(9-25-10-15(23-24-25)11-1-2-11)7-14(19(18)27)22-20(28)21-13-3-4-16-17(8-13)30-6-5-29-16;/h3-4,8,10-12,14,18-19,26-27H,1-2,5-7,9H2,(H2,21,22,28);1H/t12-,14-,18-,19+;/m1./s1. The van der Waals surface area contributed by atoms with E-state index in [1.165, 1.54) is 0 Å². The molecule has 2 fully saturated rings. The van der Waals surface area contributed by atoms with Crippen molar-refractivity contribution in [2.24, 2.45) is 5.92 Å². The van der Waals surface area contributed by atoms with E-state index < -0.39 is 24.3 Å². The summed E-state index contributed by atoms with van der Waals surface area (Å²) in [5.74, 6) is 1.50. The third-order valence-corrected chi connectivity index (χ3v) is 5.89. The maximum Gasteiger partial charge on any atom is 0.319 e.